The Hall–Kier alpha value is -1.64. The summed E-state index contributed by atoms with van der Waals surface area (Å²) in [5.74, 6) is 0.893. The molecule has 2 rings (SSSR count). The summed E-state index contributed by atoms with van der Waals surface area (Å²) in [5, 5.41) is 9.69. The van der Waals surface area contributed by atoms with Crippen LogP contribution in [0.15, 0.2) is 28.8 Å². The Kier molecular flexibility index (Phi) is 8.88. The molecule has 0 aliphatic carbocycles. The minimum atomic E-state index is -0.337. The first-order valence-corrected chi connectivity index (χ1v) is 8.69. The molecule has 0 saturated heterocycles. The van der Waals surface area contributed by atoms with Gasteiger partial charge in [-0.25, -0.2) is 4.39 Å². The normalized spacial score (nSPS) is 13.0. The number of amides is 1. The maximum Gasteiger partial charge on any atom is 0.239 e. The van der Waals surface area contributed by atoms with Crippen molar-refractivity contribution in [3.8, 4) is 0 Å². The fraction of sp³-hybridized carbons (Fsp3) is 0.438. The number of halogens is 2. The highest BCUT2D eigenvalue weighted by Crippen LogP contribution is 2.27. The van der Waals surface area contributed by atoms with Crippen LogP contribution in [0, 0.1) is 5.82 Å². The number of hydrogen-bond acceptors (Lipinski definition) is 6. The van der Waals surface area contributed by atoms with Crippen LogP contribution >= 0.6 is 24.2 Å². The van der Waals surface area contributed by atoms with Gasteiger partial charge in [-0.15, -0.1) is 24.2 Å². The highest BCUT2D eigenvalue weighted by Gasteiger charge is 2.17. The average molecular weight is 389 g/mol. The van der Waals surface area contributed by atoms with Crippen molar-refractivity contribution >= 4 is 35.8 Å². The predicted octanol–water partition coefficient (Wildman–Crippen LogP) is 3.21. The predicted molar refractivity (Wildman–Crippen MR) is 99.7 cm³/mol. The molecule has 6 nitrogen and oxygen atoms in total. The molecule has 9 heteroatoms. The molecule has 0 saturated carbocycles. The molecule has 0 spiro atoms. The van der Waals surface area contributed by atoms with E-state index in [4.69, 9.17) is 4.52 Å². The molecule has 0 aliphatic rings. The van der Waals surface area contributed by atoms with Crippen LogP contribution in [-0.4, -0.2) is 34.9 Å². The Morgan fingerprint density at radius 3 is 2.64 bits per heavy atom. The minimum Gasteiger partial charge on any atom is -0.338 e. The first kappa shape index (κ1) is 21.4. The smallest absolute Gasteiger partial charge is 0.239 e. The van der Waals surface area contributed by atoms with Gasteiger partial charge in [-0.1, -0.05) is 5.16 Å². The number of anilines is 1. The van der Waals surface area contributed by atoms with E-state index in [1.165, 1.54) is 36.0 Å². The minimum absolute atomic E-state index is 0. The van der Waals surface area contributed by atoms with Crippen molar-refractivity contribution in [3.05, 3.63) is 41.8 Å². The summed E-state index contributed by atoms with van der Waals surface area (Å²) in [6, 6.07) is 5.91. The molecule has 0 fully saturated rings. The molecule has 1 amide bonds. The number of carbonyl (C=O) groups excluding carboxylic acids is 1. The van der Waals surface area contributed by atoms with Gasteiger partial charge in [0.25, 0.3) is 0 Å². The van der Waals surface area contributed by atoms with Crippen LogP contribution in [0.2, 0.25) is 0 Å². The summed E-state index contributed by atoms with van der Waals surface area (Å²) in [5.41, 5.74) is 0.566. The lowest BCUT2D eigenvalue weighted by atomic mass is 10.2. The van der Waals surface area contributed by atoms with Crippen LogP contribution in [0.5, 0.6) is 0 Å². The van der Waals surface area contributed by atoms with Gasteiger partial charge in [0.2, 0.25) is 11.8 Å². The first-order valence-electron chi connectivity index (χ1n) is 7.64. The van der Waals surface area contributed by atoms with Crippen LogP contribution < -0.4 is 10.6 Å². The van der Waals surface area contributed by atoms with Gasteiger partial charge in [-0.2, -0.15) is 4.98 Å². The SMILES string of the molecule is CNC(C)Cc1noc(C(C)SCC(=O)Nc2ccc(F)cc2)n1.Cl. The first-order chi connectivity index (χ1) is 11.5. The molecule has 2 unspecified atom stereocenters. The number of nitrogens with one attached hydrogen (secondary N) is 2. The molecule has 1 aromatic heterocycles. The quantitative estimate of drug-likeness (QED) is 0.722. The van der Waals surface area contributed by atoms with E-state index in [1.54, 1.807) is 0 Å². The maximum absolute atomic E-state index is 12.8. The second kappa shape index (κ2) is 10.4. The van der Waals surface area contributed by atoms with Crippen LogP contribution in [0.4, 0.5) is 10.1 Å². The van der Waals surface area contributed by atoms with Gasteiger partial charge in [-0.3, -0.25) is 4.79 Å². The summed E-state index contributed by atoms with van der Waals surface area (Å²) < 4.78 is 18.1. The number of likely N-dealkylation sites (N-methyl/N-ethyl adjacent to an activating group) is 1. The molecule has 138 valence electrons. The summed E-state index contributed by atoms with van der Waals surface area (Å²) in [7, 11) is 1.88. The van der Waals surface area contributed by atoms with Crippen LogP contribution in [-0.2, 0) is 11.2 Å². The third-order valence-electron chi connectivity index (χ3n) is 3.41. The molecule has 25 heavy (non-hydrogen) atoms. The number of benzene rings is 1. The number of hydrogen-bond donors (Lipinski definition) is 2. The molecule has 1 heterocycles. The topological polar surface area (TPSA) is 80.0 Å². The molecule has 2 atom stereocenters. The van der Waals surface area contributed by atoms with Crippen molar-refractivity contribution in [1.82, 2.24) is 15.5 Å². The Balaban J connectivity index is 0.00000312. The Labute approximate surface area is 156 Å². The van der Waals surface area contributed by atoms with E-state index < -0.39 is 0 Å². The number of rotatable bonds is 8. The fourth-order valence-electron chi connectivity index (χ4n) is 1.89. The lowest BCUT2D eigenvalue weighted by Gasteiger charge is -2.08. The lowest BCUT2D eigenvalue weighted by molar-refractivity contribution is -0.113. The van der Waals surface area contributed by atoms with Crippen molar-refractivity contribution in [2.75, 3.05) is 18.1 Å². The zero-order valence-electron chi connectivity index (χ0n) is 14.3. The lowest BCUT2D eigenvalue weighted by Crippen LogP contribution is -2.24. The van der Waals surface area contributed by atoms with Crippen molar-refractivity contribution in [2.45, 2.75) is 31.6 Å². The molecular weight excluding hydrogens is 367 g/mol. The van der Waals surface area contributed by atoms with Crippen LogP contribution in [0.25, 0.3) is 0 Å². The summed E-state index contributed by atoms with van der Waals surface area (Å²) in [6.45, 7) is 3.95. The number of thioether (sulfide) groups is 1. The molecule has 0 aliphatic heterocycles. The number of nitrogens with zero attached hydrogens (tertiary/aromatic N) is 2. The van der Waals surface area contributed by atoms with E-state index >= 15 is 0 Å². The average Bonchev–Trinajstić information content (AvgIpc) is 3.03. The third-order valence-corrected chi connectivity index (χ3v) is 4.54. The second-order valence-corrected chi connectivity index (χ2v) is 6.78. The Morgan fingerprint density at radius 1 is 1.32 bits per heavy atom. The summed E-state index contributed by atoms with van der Waals surface area (Å²) >= 11 is 1.40. The standard InChI is InChI=1S/C16H21FN4O2S.ClH/c1-10(18-3)8-14-20-16(23-21-14)11(2)24-9-15(22)19-13-6-4-12(17)5-7-13;/h4-7,10-11,18H,8-9H2,1-3H3,(H,19,22);1H. The van der Waals surface area contributed by atoms with E-state index in [9.17, 15) is 9.18 Å². The van der Waals surface area contributed by atoms with Crippen molar-refractivity contribution < 1.29 is 13.7 Å². The second-order valence-electron chi connectivity index (χ2n) is 5.45. The molecule has 0 radical (unpaired) electrons. The van der Waals surface area contributed by atoms with Gasteiger partial charge in [0.05, 0.1) is 11.0 Å². The van der Waals surface area contributed by atoms with E-state index in [0.29, 0.717) is 23.8 Å². The van der Waals surface area contributed by atoms with Gasteiger partial charge < -0.3 is 15.2 Å². The van der Waals surface area contributed by atoms with Crippen LogP contribution in [0.3, 0.4) is 0 Å². The van der Waals surface area contributed by atoms with Crippen molar-refractivity contribution in [2.24, 2.45) is 0 Å². The van der Waals surface area contributed by atoms with E-state index in [0.717, 1.165) is 0 Å². The van der Waals surface area contributed by atoms with Gasteiger partial charge in [0.1, 0.15) is 5.82 Å². The van der Waals surface area contributed by atoms with Crippen molar-refractivity contribution in [3.63, 3.8) is 0 Å². The highest BCUT2D eigenvalue weighted by atomic mass is 35.5. The summed E-state index contributed by atoms with van der Waals surface area (Å²) in [6.07, 6.45) is 0.683. The van der Waals surface area contributed by atoms with Crippen molar-refractivity contribution in [1.29, 1.82) is 0 Å². The third kappa shape index (κ3) is 7.01. The molecule has 1 aromatic carbocycles. The number of aromatic nitrogens is 2. The Bertz CT molecular complexity index is 668. The van der Waals surface area contributed by atoms with Gasteiger partial charge >= 0.3 is 0 Å². The van der Waals surface area contributed by atoms with Crippen LogP contribution in [0.1, 0.15) is 30.8 Å². The largest absolute Gasteiger partial charge is 0.338 e. The molecule has 0 bridgehead atoms. The number of carbonyl (C=O) groups is 1. The van der Waals surface area contributed by atoms with Gasteiger partial charge in [0.15, 0.2) is 5.82 Å². The fourth-order valence-corrected chi connectivity index (χ4v) is 2.61. The molecule has 2 aromatic rings. The monoisotopic (exact) mass is 388 g/mol. The van der Waals surface area contributed by atoms with E-state index in [1.807, 2.05) is 20.9 Å². The van der Waals surface area contributed by atoms with Gasteiger partial charge in [-0.05, 0) is 45.2 Å². The van der Waals surface area contributed by atoms with E-state index in [2.05, 4.69) is 20.8 Å². The highest BCUT2D eigenvalue weighted by molar-refractivity contribution is 8.00. The van der Waals surface area contributed by atoms with E-state index in [-0.39, 0.29) is 41.2 Å². The maximum atomic E-state index is 12.8. The molecule has 2 N–H and O–H groups in total. The zero-order valence-corrected chi connectivity index (χ0v) is 15.9. The zero-order chi connectivity index (χ0) is 17.5. The molecular formula is C16H22ClFN4O2S. The Morgan fingerprint density at radius 2 is 2.00 bits per heavy atom. The summed E-state index contributed by atoms with van der Waals surface area (Å²) in [4.78, 5) is 16.3. The van der Waals surface area contributed by atoms with Gasteiger partial charge in [0, 0.05) is 18.2 Å².